The van der Waals surface area contributed by atoms with Gasteiger partial charge in [-0.15, -0.1) is 0 Å². The van der Waals surface area contributed by atoms with Gasteiger partial charge in [0.2, 0.25) is 11.8 Å². The van der Waals surface area contributed by atoms with Crippen LogP contribution in [0, 0.1) is 23.7 Å². The Balaban J connectivity index is 1.29. The van der Waals surface area contributed by atoms with E-state index in [4.69, 9.17) is 4.74 Å². The molecule has 3 amide bonds. The van der Waals surface area contributed by atoms with Crippen LogP contribution >= 0.6 is 0 Å². The summed E-state index contributed by atoms with van der Waals surface area (Å²) in [6.45, 7) is 0.371. The molecule has 1 heterocycles. The third kappa shape index (κ3) is 3.46. The highest BCUT2D eigenvalue weighted by Gasteiger charge is 2.59. The topological polar surface area (TPSA) is 110 Å². The fourth-order valence-electron chi connectivity index (χ4n) is 4.45. The van der Waals surface area contributed by atoms with Crippen LogP contribution in [0.3, 0.4) is 0 Å². The summed E-state index contributed by atoms with van der Waals surface area (Å²) >= 11 is 0. The average molecular weight is 396 g/mol. The summed E-state index contributed by atoms with van der Waals surface area (Å²) in [4.78, 5) is 61.5. The molecule has 1 saturated carbocycles. The summed E-state index contributed by atoms with van der Waals surface area (Å²) in [6.07, 6.45) is 4.77. The molecule has 150 valence electrons. The normalized spacial score (nSPS) is 26.6. The quantitative estimate of drug-likeness (QED) is 0.335. The van der Waals surface area contributed by atoms with E-state index in [9.17, 15) is 24.0 Å². The number of allylic oxidation sites excluding steroid dienone is 2. The number of amides is 3. The molecular weight excluding hydrogens is 376 g/mol. The van der Waals surface area contributed by atoms with E-state index in [1.165, 1.54) is 13.0 Å². The number of nitrogens with zero attached hydrogens (tertiary/aromatic N) is 1. The molecule has 3 aliphatic rings. The van der Waals surface area contributed by atoms with Crippen molar-refractivity contribution in [2.75, 3.05) is 18.5 Å². The largest absolute Gasteiger partial charge is 0.454 e. The van der Waals surface area contributed by atoms with Crippen LogP contribution in [-0.4, -0.2) is 47.5 Å². The summed E-state index contributed by atoms with van der Waals surface area (Å²) < 4.78 is 4.92. The van der Waals surface area contributed by atoms with E-state index in [0.29, 0.717) is 11.3 Å². The number of likely N-dealkylation sites (tertiary alicyclic amines) is 1. The van der Waals surface area contributed by atoms with Gasteiger partial charge in [0.25, 0.3) is 5.91 Å². The molecule has 2 fully saturated rings. The number of carbonyl (C=O) groups is 5. The first kappa shape index (κ1) is 19.0. The molecule has 1 saturated heterocycles. The maximum atomic E-state index is 12.5. The van der Waals surface area contributed by atoms with Crippen molar-refractivity contribution in [2.24, 2.45) is 23.7 Å². The lowest BCUT2D eigenvalue weighted by Crippen LogP contribution is -2.38. The number of ketones is 1. The Morgan fingerprint density at radius 2 is 1.76 bits per heavy atom. The van der Waals surface area contributed by atoms with E-state index >= 15 is 0 Å². The highest BCUT2D eigenvalue weighted by molar-refractivity contribution is 6.08. The molecule has 4 atom stereocenters. The standard InChI is InChI=1S/C21H20N2O6/c1-11(24)12-3-2-4-15(8-12)22-16(25)10-29-17(26)9-23-20(27)18-13-5-6-14(7-13)19(18)21(23)28/h2-6,8,13-14,18-19H,7,9-10H2,1H3,(H,22,25)/t13-,14-,18+,19+/m0/s1. The molecule has 0 spiro atoms. The second-order valence-corrected chi connectivity index (χ2v) is 7.61. The number of imide groups is 1. The van der Waals surface area contributed by atoms with Gasteiger partial charge >= 0.3 is 5.97 Å². The lowest BCUT2D eigenvalue weighted by Gasteiger charge is -2.16. The maximum Gasteiger partial charge on any atom is 0.326 e. The van der Waals surface area contributed by atoms with Crippen molar-refractivity contribution in [1.29, 1.82) is 0 Å². The van der Waals surface area contributed by atoms with Gasteiger partial charge in [-0.25, -0.2) is 0 Å². The summed E-state index contributed by atoms with van der Waals surface area (Å²) in [5, 5.41) is 2.53. The lowest BCUT2D eigenvalue weighted by atomic mass is 9.85. The molecule has 29 heavy (non-hydrogen) atoms. The summed E-state index contributed by atoms with van der Waals surface area (Å²) in [5.41, 5.74) is 0.847. The van der Waals surface area contributed by atoms with Gasteiger partial charge in [-0.05, 0) is 37.3 Å². The van der Waals surface area contributed by atoms with Gasteiger partial charge in [0.1, 0.15) is 6.54 Å². The van der Waals surface area contributed by atoms with Gasteiger partial charge in [0.05, 0.1) is 11.8 Å². The van der Waals surface area contributed by atoms with Gasteiger partial charge < -0.3 is 10.1 Å². The first-order chi connectivity index (χ1) is 13.8. The second-order valence-electron chi connectivity index (χ2n) is 7.61. The van der Waals surface area contributed by atoms with E-state index in [1.807, 2.05) is 12.2 Å². The Labute approximate surface area is 166 Å². The number of nitrogens with one attached hydrogen (secondary N) is 1. The smallest absolute Gasteiger partial charge is 0.326 e. The molecule has 0 aromatic heterocycles. The zero-order valence-electron chi connectivity index (χ0n) is 15.8. The molecule has 2 aliphatic carbocycles. The average Bonchev–Trinajstić information content (AvgIpc) is 3.37. The number of benzene rings is 1. The number of Topliss-reactive ketones (excluding diaryl/α,β-unsaturated/α-hetero) is 1. The van der Waals surface area contributed by atoms with Gasteiger partial charge in [0, 0.05) is 11.3 Å². The van der Waals surface area contributed by atoms with Crippen LogP contribution in [-0.2, 0) is 23.9 Å². The molecule has 8 heteroatoms. The Morgan fingerprint density at radius 1 is 1.10 bits per heavy atom. The van der Waals surface area contributed by atoms with Crippen molar-refractivity contribution >= 4 is 35.2 Å². The van der Waals surface area contributed by atoms with Crippen molar-refractivity contribution < 1.29 is 28.7 Å². The predicted molar refractivity (Wildman–Crippen MR) is 100 cm³/mol. The molecule has 1 N–H and O–H groups in total. The molecule has 2 bridgehead atoms. The highest BCUT2D eigenvalue weighted by atomic mass is 16.5. The van der Waals surface area contributed by atoms with E-state index in [1.54, 1.807) is 18.2 Å². The first-order valence-corrected chi connectivity index (χ1v) is 9.45. The van der Waals surface area contributed by atoms with Crippen molar-refractivity contribution in [3.05, 3.63) is 42.0 Å². The monoisotopic (exact) mass is 396 g/mol. The Bertz CT molecular complexity index is 922. The van der Waals surface area contributed by atoms with Gasteiger partial charge in [-0.2, -0.15) is 0 Å². The number of carbonyl (C=O) groups excluding carboxylic acids is 5. The fraction of sp³-hybridized carbons (Fsp3) is 0.381. The minimum absolute atomic E-state index is 0.0685. The molecular formula is C21H20N2O6. The number of anilines is 1. The SMILES string of the molecule is CC(=O)c1cccc(NC(=O)COC(=O)CN2C(=O)[C@H]3[C@H](C2=O)[C@H]2C=C[C@H]3C2)c1. The molecule has 1 aromatic carbocycles. The van der Waals surface area contributed by atoms with E-state index in [0.717, 1.165) is 11.3 Å². The molecule has 8 nitrogen and oxygen atoms in total. The Kier molecular flexibility index (Phi) is 4.77. The van der Waals surface area contributed by atoms with E-state index in [-0.39, 0.29) is 41.3 Å². The van der Waals surface area contributed by atoms with E-state index < -0.39 is 25.0 Å². The van der Waals surface area contributed by atoms with Crippen LogP contribution < -0.4 is 5.32 Å². The zero-order valence-corrected chi connectivity index (χ0v) is 15.8. The summed E-state index contributed by atoms with van der Waals surface area (Å²) in [7, 11) is 0. The zero-order chi connectivity index (χ0) is 20.7. The molecule has 0 unspecified atom stereocenters. The van der Waals surface area contributed by atoms with Gasteiger partial charge in [-0.3, -0.25) is 28.9 Å². The van der Waals surface area contributed by atoms with Gasteiger partial charge in [0.15, 0.2) is 12.4 Å². The summed E-state index contributed by atoms with van der Waals surface area (Å²) in [6, 6.07) is 6.38. The van der Waals surface area contributed by atoms with Crippen LogP contribution in [0.25, 0.3) is 0 Å². The minimum atomic E-state index is -0.820. The Hall–Kier alpha value is -3.29. The molecule has 1 aliphatic heterocycles. The third-order valence-electron chi connectivity index (χ3n) is 5.77. The van der Waals surface area contributed by atoms with E-state index in [2.05, 4.69) is 5.32 Å². The molecule has 1 aromatic rings. The number of rotatable bonds is 6. The maximum absolute atomic E-state index is 12.5. The van der Waals surface area contributed by atoms with Gasteiger partial charge in [-0.1, -0.05) is 24.3 Å². The number of fused-ring (bicyclic) bond motifs is 5. The molecule has 0 radical (unpaired) electrons. The third-order valence-corrected chi connectivity index (χ3v) is 5.77. The van der Waals surface area contributed by atoms with Crippen LogP contribution in [0.4, 0.5) is 5.69 Å². The lowest BCUT2D eigenvalue weighted by molar-refractivity contribution is -0.154. The first-order valence-electron chi connectivity index (χ1n) is 9.45. The summed E-state index contributed by atoms with van der Waals surface area (Å²) in [5.74, 6) is -2.82. The van der Waals surface area contributed by atoms with Crippen molar-refractivity contribution in [3.8, 4) is 0 Å². The highest BCUT2D eigenvalue weighted by Crippen LogP contribution is 2.52. The van der Waals surface area contributed by atoms with Crippen molar-refractivity contribution in [3.63, 3.8) is 0 Å². The Morgan fingerprint density at radius 3 is 2.38 bits per heavy atom. The van der Waals surface area contributed by atoms with Crippen LogP contribution in [0.5, 0.6) is 0 Å². The fourth-order valence-corrected chi connectivity index (χ4v) is 4.45. The number of hydrogen-bond donors (Lipinski definition) is 1. The number of esters is 1. The van der Waals surface area contributed by atoms with Crippen LogP contribution in [0.1, 0.15) is 23.7 Å². The minimum Gasteiger partial charge on any atom is -0.454 e. The van der Waals surface area contributed by atoms with Crippen molar-refractivity contribution in [2.45, 2.75) is 13.3 Å². The number of ether oxygens (including phenoxy) is 1. The van der Waals surface area contributed by atoms with Crippen molar-refractivity contribution in [1.82, 2.24) is 4.90 Å². The molecule has 4 rings (SSSR count). The predicted octanol–water partition coefficient (Wildman–Crippen LogP) is 1.18. The van der Waals surface area contributed by atoms with Crippen LogP contribution in [0.2, 0.25) is 0 Å². The second kappa shape index (κ2) is 7.27. The number of hydrogen-bond acceptors (Lipinski definition) is 6. The van der Waals surface area contributed by atoms with Crippen LogP contribution in [0.15, 0.2) is 36.4 Å².